The maximum Gasteiger partial charge on any atom is 0.288 e. The number of nitrogens with one attached hydrogen (secondary N) is 2. The van der Waals surface area contributed by atoms with E-state index in [0.717, 1.165) is 6.54 Å². The predicted octanol–water partition coefficient (Wildman–Crippen LogP) is 1.81. The number of nitro benzene ring substituents is 1. The first-order valence-electron chi connectivity index (χ1n) is 6.59. The molecule has 114 valence electrons. The lowest BCUT2D eigenvalue weighted by molar-refractivity contribution is -0.384. The summed E-state index contributed by atoms with van der Waals surface area (Å²) in [4.78, 5) is 22.3. The Bertz CT molecular complexity index is 552. The molecule has 0 saturated carbocycles. The highest BCUT2D eigenvalue weighted by Crippen LogP contribution is 2.27. The lowest BCUT2D eigenvalue weighted by Crippen LogP contribution is -2.41. The van der Waals surface area contributed by atoms with Gasteiger partial charge in [-0.05, 0) is 18.7 Å². The highest BCUT2D eigenvalue weighted by molar-refractivity contribution is 6.33. The molecule has 0 bridgehead atoms. The first-order valence-corrected chi connectivity index (χ1v) is 6.96. The van der Waals surface area contributed by atoms with Crippen LogP contribution in [0.2, 0.25) is 5.02 Å². The summed E-state index contributed by atoms with van der Waals surface area (Å²) in [6.07, 6.45) is 0. The number of carbonyl (C=O) groups excluding carboxylic acids is 1. The van der Waals surface area contributed by atoms with Gasteiger partial charge in [0, 0.05) is 17.8 Å². The van der Waals surface area contributed by atoms with E-state index in [-0.39, 0.29) is 28.6 Å². The Hall–Kier alpha value is -1.70. The Kier molecular flexibility index (Phi) is 5.11. The van der Waals surface area contributed by atoms with E-state index < -0.39 is 4.92 Å². The Morgan fingerprint density at radius 1 is 1.52 bits per heavy atom. The molecule has 1 aliphatic rings. The Morgan fingerprint density at radius 2 is 2.29 bits per heavy atom. The van der Waals surface area contributed by atoms with Crippen LogP contribution in [-0.4, -0.2) is 36.6 Å². The molecule has 1 aromatic carbocycles. The summed E-state index contributed by atoms with van der Waals surface area (Å²) in [5.41, 5.74) is 0.238. The van der Waals surface area contributed by atoms with Crippen LogP contribution in [0.25, 0.3) is 0 Å². The molecule has 2 N–H and O–H groups in total. The third-order valence-corrected chi connectivity index (χ3v) is 3.60. The fourth-order valence-corrected chi connectivity index (χ4v) is 2.49. The van der Waals surface area contributed by atoms with Gasteiger partial charge in [0.2, 0.25) is 5.91 Å². The third kappa shape index (κ3) is 3.69. The van der Waals surface area contributed by atoms with Crippen LogP contribution in [0.15, 0.2) is 18.2 Å². The topological polar surface area (TPSA) is 93.5 Å². The SMILES string of the molecule is CCNC1COCC1C(=O)Nc1ccc([N+](=O)[O-])c(Cl)c1. The minimum absolute atomic E-state index is 0.0105. The van der Waals surface area contributed by atoms with E-state index in [1.54, 1.807) is 0 Å². The van der Waals surface area contributed by atoms with Gasteiger partial charge in [0.05, 0.1) is 24.1 Å². The molecule has 0 aromatic heterocycles. The summed E-state index contributed by atoms with van der Waals surface area (Å²) in [6.45, 7) is 3.56. The van der Waals surface area contributed by atoms with E-state index in [4.69, 9.17) is 16.3 Å². The molecule has 2 atom stereocenters. The maximum absolute atomic E-state index is 12.2. The smallest absolute Gasteiger partial charge is 0.288 e. The second-order valence-corrected chi connectivity index (χ2v) is 5.13. The van der Waals surface area contributed by atoms with Gasteiger partial charge in [-0.25, -0.2) is 0 Å². The molecule has 8 heteroatoms. The van der Waals surface area contributed by atoms with Gasteiger partial charge in [-0.1, -0.05) is 18.5 Å². The van der Waals surface area contributed by atoms with Gasteiger partial charge in [-0.3, -0.25) is 14.9 Å². The van der Waals surface area contributed by atoms with Crippen molar-refractivity contribution in [1.29, 1.82) is 0 Å². The fourth-order valence-electron chi connectivity index (χ4n) is 2.24. The Balaban J connectivity index is 2.06. The molecular formula is C13H16ClN3O4. The molecule has 2 rings (SSSR count). The van der Waals surface area contributed by atoms with Crippen LogP contribution in [0.3, 0.4) is 0 Å². The average Bonchev–Trinajstić information content (AvgIpc) is 2.87. The van der Waals surface area contributed by atoms with Gasteiger partial charge in [0.15, 0.2) is 0 Å². The maximum atomic E-state index is 12.2. The van der Waals surface area contributed by atoms with Gasteiger partial charge < -0.3 is 15.4 Å². The molecule has 0 aliphatic carbocycles. The summed E-state index contributed by atoms with van der Waals surface area (Å²) in [5.74, 6) is -0.484. The molecule has 2 unspecified atom stereocenters. The molecule has 1 aliphatic heterocycles. The Morgan fingerprint density at radius 3 is 2.90 bits per heavy atom. The summed E-state index contributed by atoms with van der Waals surface area (Å²) in [6, 6.07) is 4.07. The van der Waals surface area contributed by atoms with E-state index in [1.165, 1.54) is 18.2 Å². The second-order valence-electron chi connectivity index (χ2n) is 4.72. The highest BCUT2D eigenvalue weighted by Gasteiger charge is 2.33. The van der Waals surface area contributed by atoms with E-state index in [1.807, 2.05) is 6.92 Å². The monoisotopic (exact) mass is 313 g/mol. The van der Waals surface area contributed by atoms with Crippen LogP contribution < -0.4 is 10.6 Å². The van der Waals surface area contributed by atoms with E-state index in [2.05, 4.69) is 10.6 Å². The molecule has 0 spiro atoms. The molecule has 1 amide bonds. The number of halogens is 1. The molecule has 1 fully saturated rings. The van der Waals surface area contributed by atoms with Crippen molar-refractivity contribution in [2.24, 2.45) is 5.92 Å². The third-order valence-electron chi connectivity index (χ3n) is 3.30. The summed E-state index contributed by atoms with van der Waals surface area (Å²) in [5, 5.41) is 16.6. The van der Waals surface area contributed by atoms with Crippen LogP contribution in [-0.2, 0) is 9.53 Å². The zero-order valence-corrected chi connectivity index (χ0v) is 12.2. The number of hydrogen-bond donors (Lipinski definition) is 2. The first-order chi connectivity index (χ1) is 10.0. The van der Waals surface area contributed by atoms with E-state index in [9.17, 15) is 14.9 Å². The lowest BCUT2D eigenvalue weighted by atomic mass is 10.0. The largest absolute Gasteiger partial charge is 0.379 e. The normalized spacial score (nSPS) is 21.2. The second kappa shape index (κ2) is 6.84. The number of hydrogen-bond acceptors (Lipinski definition) is 5. The van der Waals surface area contributed by atoms with Crippen molar-refractivity contribution in [3.63, 3.8) is 0 Å². The number of anilines is 1. The zero-order chi connectivity index (χ0) is 15.4. The minimum Gasteiger partial charge on any atom is -0.379 e. The number of carbonyl (C=O) groups is 1. The highest BCUT2D eigenvalue weighted by atomic mass is 35.5. The quantitative estimate of drug-likeness (QED) is 0.638. The molecule has 1 aromatic rings. The van der Waals surface area contributed by atoms with Gasteiger partial charge >= 0.3 is 0 Å². The molecule has 21 heavy (non-hydrogen) atoms. The minimum atomic E-state index is -0.569. The van der Waals surface area contributed by atoms with Crippen molar-refractivity contribution in [3.05, 3.63) is 33.3 Å². The molecule has 1 saturated heterocycles. The van der Waals surface area contributed by atoms with E-state index in [0.29, 0.717) is 18.9 Å². The molecular weight excluding hydrogens is 298 g/mol. The molecule has 1 heterocycles. The molecule has 7 nitrogen and oxygen atoms in total. The van der Waals surface area contributed by atoms with Crippen LogP contribution in [0.1, 0.15) is 6.92 Å². The summed E-state index contributed by atoms with van der Waals surface area (Å²) in [7, 11) is 0. The number of amides is 1. The number of ether oxygens (including phenoxy) is 1. The number of nitro groups is 1. The van der Waals surface area contributed by atoms with Gasteiger partial charge in [0.1, 0.15) is 5.02 Å². The predicted molar refractivity (Wildman–Crippen MR) is 78.5 cm³/mol. The van der Waals surface area contributed by atoms with Gasteiger partial charge in [0.25, 0.3) is 5.69 Å². The van der Waals surface area contributed by atoms with Gasteiger partial charge in [-0.15, -0.1) is 0 Å². The number of benzene rings is 1. The lowest BCUT2D eigenvalue weighted by Gasteiger charge is -2.17. The van der Waals surface area contributed by atoms with Crippen LogP contribution >= 0.6 is 11.6 Å². The number of rotatable bonds is 5. The van der Waals surface area contributed by atoms with Gasteiger partial charge in [-0.2, -0.15) is 0 Å². The average molecular weight is 314 g/mol. The van der Waals surface area contributed by atoms with Crippen LogP contribution in [0.5, 0.6) is 0 Å². The number of likely N-dealkylation sites (N-methyl/N-ethyl adjacent to an activating group) is 1. The van der Waals surface area contributed by atoms with Crippen molar-refractivity contribution < 1.29 is 14.5 Å². The van der Waals surface area contributed by atoms with Crippen molar-refractivity contribution in [3.8, 4) is 0 Å². The summed E-state index contributed by atoms with van der Waals surface area (Å²) >= 11 is 5.82. The van der Waals surface area contributed by atoms with Crippen molar-refractivity contribution in [1.82, 2.24) is 5.32 Å². The van der Waals surface area contributed by atoms with Crippen molar-refractivity contribution >= 4 is 28.9 Å². The summed E-state index contributed by atoms with van der Waals surface area (Å²) < 4.78 is 5.32. The standard InChI is InChI=1S/C13H16ClN3O4/c1-2-15-11-7-21-6-9(11)13(18)16-8-3-4-12(17(19)20)10(14)5-8/h3-5,9,11,15H,2,6-7H2,1H3,(H,16,18). The zero-order valence-electron chi connectivity index (χ0n) is 11.5. The van der Waals surface area contributed by atoms with Crippen LogP contribution in [0, 0.1) is 16.0 Å². The Labute approximate surface area is 126 Å². The van der Waals surface area contributed by atoms with Crippen LogP contribution in [0.4, 0.5) is 11.4 Å². The fraction of sp³-hybridized carbons (Fsp3) is 0.462. The van der Waals surface area contributed by atoms with Crippen molar-refractivity contribution in [2.45, 2.75) is 13.0 Å². The van der Waals surface area contributed by atoms with Crippen molar-refractivity contribution in [2.75, 3.05) is 25.1 Å². The van der Waals surface area contributed by atoms with E-state index >= 15 is 0 Å². The number of nitrogens with zero attached hydrogens (tertiary/aromatic N) is 1. The first kappa shape index (κ1) is 15.7. The molecule has 0 radical (unpaired) electrons.